The first-order valence-corrected chi connectivity index (χ1v) is 3.72. The maximum atomic E-state index is 12.9. The molecule has 0 fully saturated rings. The number of aliphatic hydroxyl groups is 1. The van der Waals surface area contributed by atoms with Crippen LogP contribution in [0.25, 0.3) is 0 Å². The molecule has 0 aliphatic carbocycles. The van der Waals surface area contributed by atoms with Crippen LogP contribution in [0, 0.1) is 12.7 Å². The van der Waals surface area contributed by atoms with E-state index in [1.54, 1.807) is 0 Å². The van der Waals surface area contributed by atoms with E-state index in [9.17, 15) is 13.2 Å². The molecular weight excluding hydrogens is 181 g/mol. The van der Waals surface area contributed by atoms with Gasteiger partial charge in [-0.3, -0.25) is 0 Å². The topological polar surface area (TPSA) is 20.2 Å². The van der Waals surface area contributed by atoms with Crippen molar-refractivity contribution in [3.05, 3.63) is 35.1 Å². The summed E-state index contributed by atoms with van der Waals surface area (Å²) in [4.78, 5) is 0. The van der Waals surface area contributed by atoms with E-state index in [1.165, 1.54) is 13.0 Å². The van der Waals surface area contributed by atoms with E-state index in [-0.39, 0.29) is 5.56 Å². The second-order valence-electron chi connectivity index (χ2n) is 2.82. The molecule has 1 rings (SSSR count). The van der Waals surface area contributed by atoms with Crippen LogP contribution in [0.4, 0.5) is 13.2 Å². The van der Waals surface area contributed by atoms with Crippen LogP contribution >= 0.6 is 0 Å². The monoisotopic (exact) mass is 190 g/mol. The first-order valence-electron chi connectivity index (χ1n) is 3.72. The summed E-state index contributed by atoms with van der Waals surface area (Å²) < 4.78 is 38.4. The predicted octanol–water partition coefficient (Wildman–Crippen LogP) is 2.22. The minimum absolute atomic E-state index is 0.264. The van der Waals surface area contributed by atoms with Crippen LogP contribution in [0.3, 0.4) is 0 Å². The highest BCUT2D eigenvalue weighted by Crippen LogP contribution is 2.30. The third-order valence-electron chi connectivity index (χ3n) is 1.79. The molecule has 13 heavy (non-hydrogen) atoms. The van der Waals surface area contributed by atoms with Crippen LogP contribution in [-0.4, -0.2) is 11.7 Å². The van der Waals surface area contributed by atoms with E-state index in [4.69, 9.17) is 5.11 Å². The molecule has 1 N–H and O–H groups in total. The highest BCUT2D eigenvalue weighted by Gasteiger charge is 2.32. The average Bonchev–Trinajstić information content (AvgIpc) is 2.09. The third-order valence-corrected chi connectivity index (χ3v) is 1.79. The summed E-state index contributed by atoms with van der Waals surface area (Å²) in [6.45, 7) is 0.135. The van der Waals surface area contributed by atoms with Gasteiger partial charge in [0.15, 0.2) is 0 Å². The van der Waals surface area contributed by atoms with Crippen molar-refractivity contribution < 1.29 is 18.3 Å². The molecule has 1 nitrogen and oxygen atoms in total. The van der Waals surface area contributed by atoms with Gasteiger partial charge in [-0.05, 0) is 24.6 Å². The zero-order valence-corrected chi connectivity index (χ0v) is 7.02. The van der Waals surface area contributed by atoms with Gasteiger partial charge in [-0.25, -0.2) is 4.39 Å². The van der Waals surface area contributed by atoms with E-state index in [0.29, 0.717) is 0 Å². The molecule has 0 bridgehead atoms. The highest BCUT2D eigenvalue weighted by atomic mass is 19.3. The summed E-state index contributed by atoms with van der Waals surface area (Å²) in [5.41, 5.74) is -0.199. The predicted molar refractivity (Wildman–Crippen MR) is 42.1 cm³/mol. The molecule has 0 spiro atoms. The summed E-state index contributed by atoms with van der Waals surface area (Å²) >= 11 is 0. The van der Waals surface area contributed by atoms with Gasteiger partial charge in [0, 0.05) is 5.56 Å². The maximum Gasteiger partial charge on any atom is 0.296 e. The van der Waals surface area contributed by atoms with Crippen molar-refractivity contribution in [2.24, 2.45) is 0 Å². The first-order chi connectivity index (χ1) is 5.97. The van der Waals surface area contributed by atoms with Crippen LogP contribution in [0.2, 0.25) is 0 Å². The van der Waals surface area contributed by atoms with Crippen LogP contribution in [-0.2, 0) is 5.92 Å². The quantitative estimate of drug-likeness (QED) is 0.758. The number of rotatable bonds is 2. The number of aliphatic hydroxyl groups excluding tert-OH is 1. The van der Waals surface area contributed by atoms with Crippen LogP contribution in [0.15, 0.2) is 18.2 Å². The van der Waals surface area contributed by atoms with E-state index in [2.05, 4.69) is 0 Å². The molecule has 0 atom stereocenters. The van der Waals surface area contributed by atoms with Crippen molar-refractivity contribution in [1.82, 2.24) is 0 Å². The Bertz CT molecular complexity index is 310. The molecular formula is C9H9F3O. The summed E-state index contributed by atoms with van der Waals surface area (Å²) in [6, 6.07) is 3.10. The number of hydrogen-bond acceptors (Lipinski definition) is 1. The Morgan fingerprint density at radius 1 is 1.38 bits per heavy atom. The van der Waals surface area contributed by atoms with Crippen LogP contribution in [0.1, 0.15) is 11.1 Å². The van der Waals surface area contributed by atoms with E-state index in [0.717, 1.165) is 12.1 Å². The van der Waals surface area contributed by atoms with Crippen molar-refractivity contribution in [2.45, 2.75) is 12.8 Å². The Labute approximate surface area is 73.8 Å². The Balaban J connectivity index is 3.20. The molecule has 1 aromatic carbocycles. The summed E-state index contributed by atoms with van der Waals surface area (Å²) in [7, 11) is 0. The Morgan fingerprint density at radius 3 is 2.54 bits per heavy atom. The van der Waals surface area contributed by atoms with Crippen LogP contribution < -0.4 is 0 Å². The molecule has 0 aliphatic heterocycles. The number of aryl methyl sites for hydroxylation is 1. The average molecular weight is 190 g/mol. The number of alkyl halides is 2. The van der Waals surface area contributed by atoms with Gasteiger partial charge in [-0.1, -0.05) is 6.07 Å². The minimum atomic E-state index is -3.37. The zero-order chi connectivity index (χ0) is 10.1. The Morgan fingerprint density at radius 2 is 2.00 bits per heavy atom. The fourth-order valence-corrected chi connectivity index (χ4v) is 1.07. The van der Waals surface area contributed by atoms with E-state index in [1.807, 2.05) is 0 Å². The van der Waals surface area contributed by atoms with Crippen molar-refractivity contribution in [3.63, 3.8) is 0 Å². The van der Waals surface area contributed by atoms with E-state index >= 15 is 0 Å². The van der Waals surface area contributed by atoms with Gasteiger partial charge in [0.1, 0.15) is 12.4 Å². The smallest absolute Gasteiger partial charge is 0.296 e. The molecule has 4 heteroatoms. The summed E-state index contributed by atoms with van der Waals surface area (Å²) in [5, 5.41) is 8.39. The second kappa shape index (κ2) is 3.38. The van der Waals surface area contributed by atoms with Gasteiger partial charge in [-0.15, -0.1) is 0 Å². The van der Waals surface area contributed by atoms with Crippen LogP contribution in [0.5, 0.6) is 0 Å². The second-order valence-corrected chi connectivity index (χ2v) is 2.82. The number of hydrogen-bond donors (Lipinski definition) is 1. The zero-order valence-electron chi connectivity index (χ0n) is 7.02. The Kier molecular flexibility index (Phi) is 2.61. The molecule has 0 saturated heterocycles. The van der Waals surface area contributed by atoms with Crippen molar-refractivity contribution in [2.75, 3.05) is 6.61 Å². The van der Waals surface area contributed by atoms with Gasteiger partial charge in [0.2, 0.25) is 0 Å². The number of benzene rings is 1. The molecule has 0 heterocycles. The van der Waals surface area contributed by atoms with Gasteiger partial charge >= 0.3 is 0 Å². The van der Waals surface area contributed by atoms with Gasteiger partial charge in [0.25, 0.3) is 5.92 Å². The molecule has 72 valence electrons. The summed E-state index contributed by atoms with van der Waals surface area (Å²) in [6.07, 6.45) is 0. The summed E-state index contributed by atoms with van der Waals surface area (Å²) in [5.74, 6) is -4.10. The molecule has 0 aromatic heterocycles. The van der Waals surface area contributed by atoms with E-state index < -0.39 is 23.9 Å². The molecule has 0 unspecified atom stereocenters. The molecule has 0 radical (unpaired) electrons. The largest absolute Gasteiger partial charge is 0.390 e. The fraction of sp³-hybridized carbons (Fsp3) is 0.333. The minimum Gasteiger partial charge on any atom is -0.390 e. The fourth-order valence-electron chi connectivity index (χ4n) is 1.07. The van der Waals surface area contributed by atoms with Gasteiger partial charge in [0.05, 0.1) is 0 Å². The molecule has 0 saturated carbocycles. The molecule has 0 aliphatic rings. The lowest BCUT2D eigenvalue weighted by molar-refractivity contribution is -0.0563. The van der Waals surface area contributed by atoms with Gasteiger partial charge in [-0.2, -0.15) is 8.78 Å². The normalized spacial score (nSPS) is 11.8. The Hall–Kier alpha value is -1.03. The molecule has 1 aromatic rings. The lowest BCUT2D eigenvalue weighted by atomic mass is 10.0. The van der Waals surface area contributed by atoms with Crippen molar-refractivity contribution >= 4 is 0 Å². The van der Waals surface area contributed by atoms with Crippen molar-refractivity contribution in [1.29, 1.82) is 0 Å². The standard InChI is InChI=1S/C9H9F3O/c1-6-2-3-7(10)4-8(6)9(11,12)5-13/h2-4,13H,5H2,1H3. The first kappa shape index (κ1) is 10.1. The highest BCUT2D eigenvalue weighted by molar-refractivity contribution is 5.30. The third kappa shape index (κ3) is 2.01. The maximum absolute atomic E-state index is 12.9. The SMILES string of the molecule is Cc1ccc(F)cc1C(F)(F)CO. The number of halogens is 3. The van der Waals surface area contributed by atoms with Gasteiger partial charge < -0.3 is 5.11 Å². The lowest BCUT2D eigenvalue weighted by Crippen LogP contribution is -2.20. The lowest BCUT2D eigenvalue weighted by Gasteiger charge is -2.15. The molecule has 0 amide bonds. The van der Waals surface area contributed by atoms with Crippen molar-refractivity contribution in [3.8, 4) is 0 Å².